The Morgan fingerprint density at radius 1 is 1.17 bits per heavy atom. The number of hydrogen-bond donors (Lipinski definition) is 0. The molecular weight excluding hydrogens is 308 g/mol. The predicted octanol–water partition coefficient (Wildman–Crippen LogP) is 2.76. The van der Waals surface area contributed by atoms with Crippen LogP contribution in [0.25, 0.3) is 10.2 Å². The number of piperidine rings is 1. The minimum atomic E-state index is 0.203. The topological polar surface area (TPSA) is 49.3 Å². The minimum Gasteiger partial charge on any atom is -0.356 e. The summed E-state index contributed by atoms with van der Waals surface area (Å²) in [5, 5.41) is 1.20. The monoisotopic (exact) mass is 330 g/mol. The number of aryl methyl sites for hydroxylation is 2. The van der Waals surface area contributed by atoms with Gasteiger partial charge >= 0.3 is 0 Å². The Balaban J connectivity index is 1.53. The highest BCUT2D eigenvalue weighted by atomic mass is 32.1. The zero-order chi connectivity index (χ0) is 16.0. The van der Waals surface area contributed by atoms with Crippen molar-refractivity contribution >= 4 is 33.3 Å². The normalized spacial score (nSPS) is 19.2. The van der Waals surface area contributed by atoms with Crippen molar-refractivity contribution in [3.63, 3.8) is 0 Å². The van der Waals surface area contributed by atoms with Gasteiger partial charge in [0.05, 0.1) is 5.39 Å². The summed E-state index contributed by atoms with van der Waals surface area (Å²) in [6.07, 6.45) is 4.70. The van der Waals surface area contributed by atoms with Crippen LogP contribution in [-0.2, 0) is 4.79 Å². The molecule has 1 amide bonds. The molecule has 0 spiro atoms. The van der Waals surface area contributed by atoms with Crippen LogP contribution in [-0.4, -0.2) is 47.0 Å². The Labute approximate surface area is 140 Å². The van der Waals surface area contributed by atoms with Gasteiger partial charge in [-0.2, -0.15) is 0 Å². The molecule has 4 heterocycles. The average molecular weight is 330 g/mol. The maximum Gasteiger partial charge on any atom is 0.225 e. The minimum absolute atomic E-state index is 0.203. The van der Waals surface area contributed by atoms with E-state index in [4.69, 9.17) is 0 Å². The zero-order valence-corrected chi connectivity index (χ0v) is 14.5. The second kappa shape index (κ2) is 5.74. The molecule has 2 aliphatic rings. The van der Waals surface area contributed by atoms with E-state index in [1.54, 1.807) is 17.7 Å². The summed E-state index contributed by atoms with van der Waals surface area (Å²) in [5.41, 5.74) is 1.29. The number of thiophene rings is 1. The van der Waals surface area contributed by atoms with E-state index < -0.39 is 0 Å². The molecule has 6 heteroatoms. The average Bonchev–Trinajstić information content (AvgIpc) is 2.81. The first-order valence-electron chi connectivity index (χ1n) is 8.39. The molecule has 2 aromatic rings. The fourth-order valence-corrected chi connectivity index (χ4v) is 4.53. The lowest BCUT2D eigenvalue weighted by Gasteiger charge is -2.38. The molecule has 0 bridgehead atoms. The van der Waals surface area contributed by atoms with E-state index in [1.165, 1.54) is 22.2 Å². The van der Waals surface area contributed by atoms with Gasteiger partial charge in [-0.1, -0.05) is 0 Å². The van der Waals surface area contributed by atoms with Crippen molar-refractivity contribution in [3.8, 4) is 0 Å². The lowest BCUT2D eigenvalue weighted by atomic mass is 9.94. The standard InChI is InChI=1S/C17H22N4OS/c1-11-12(2)23-16-14(11)15(18-10-19-16)20-8-4-13(5-9-20)17(22)21-6-3-7-21/h10,13H,3-9H2,1-2H3. The van der Waals surface area contributed by atoms with Gasteiger partial charge in [0.1, 0.15) is 17.0 Å². The number of rotatable bonds is 2. The maximum absolute atomic E-state index is 12.4. The number of hydrogen-bond acceptors (Lipinski definition) is 5. The summed E-state index contributed by atoms with van der Waals surface area (Å²) < 4.78 is 0. The van der Waals surface area contributed by atoms with Crippen LogP contribution in [0.5, 0.6) is 0 Å². The fourth-order valence-electron chi connectivity index (χ4n) is 3.54. The summed E-state index contributed by atoms with van der Waals surface area (Å²) in [6.45, 7) is 8.03. The molecule has 2 aromatic heterocycles. The Kier molecular flexibility index (Phi) is 3.71. The highest BCUT2D eigenvalue weighted by Crippen LogP contribution is 2.35. The SMILES string of the molecule is Cc1sc2ncnc(N3CCC(C(=O)N4CCC4)CC3)c2c1C. The second-order valence-corrected chi connectivity index (χ2v) is 7.80. The second-order valence-electron chi connectivity index (χ2n) is 6.60. The number of aromatic nitrogens is 2. The van der Waals surface area contributed by atoms with E-state index >= 15 is 0 Å². The molecule has 2 aliphatic heterocycles. The molecular formula is C17H22N4OS. The molecule has 0 aliphatic carbocycles. The van der Waals surface area contributed by atoms with Gasteiger partial charge in [0.25, 0.3) is 0 Å². The highest BCUT2D eigenvalue weighted by molar-refractivity contribution is 7.18. The van der Waals surface area contributed by atoms with Gasteiger partial charge in [0.15, 0.2) is 0 Å². The Hall–Kier alpha value is -1.69. The summed E-state index contributed by atoms with van der Waals surface area (Å²) in [7, 11) is 0. The smallest absolute Gasteiger partial charge is 0.225 e. The quantitative estimate of drug-likeness (QED) is 0.849. The van der Waals surface area contributed by atoms with Gasteiger partial charge in [0.2, 0.25) is 5.91 Å². The molecule has 0 radical (unpaired) electrons. The third kappa shape index (κ3) is 2.49. The van der Waals surface area contributed by atoms with Crippen molar-refractivity contribution in [1.29, 1.82) is 0 Å². The molecule has 0 N–H and O–H groups in total. The number of anilines is 1. The van der Waals surface area contributed by atoms with E-state index in [0.717, 1.165) is 49.7 Å². The molecule has 5 nitrogen and oxygen atoms in total. The van der Waals surface area contributed by atoms with Crippen LogP contribution in [0.15, 0.2) is 6.33 Å². The van der Waals surface area contributed by atoms with Gasteiger partial charge in [-0.3, -0.25) is 4.79 Å². The summed E-state index contributed by atoms with van der Waals surface area (Å²) in [5.74, 6) is 1.62. The van der Waals surface area contributed by atoms with Crippen LogP contribution >= 0.6 is 11.3 Å². The van der Waals surface area contributed by atoms with E-state index in [-0.39, 0.29) is 5.92 Å². The van der Waals surface area contributed by atoms with Crippen LogP contribution in [0.1, 0.15) is 29.7 Å². The van der Waals surface area contributed by atoms with Gasteiger partial charge in [-0.25, -0.2) is 9.97 Å². The van der Waals surface area contributed by atoms with Crippen molar-refractivity contribution in [2.75, 3.05) is 31.1 Å². The number of nitrogens with zero attached hydrogens (tertiary/aromatic N) is 4. The molecule has 2 fully saturated rings. The molecule has 23 heavy (non-hydrogen) atoms. The molecule has 4 rings (SSSR count). The third-order valence-electron chi connectivity index (χ3n) is 5.26. The van der Waals surface area contributed by atoms with Crippen molar-refractivity contribution in [2.24, 2.45) is 5.92 Å². The van der Waals surface area contributed by atoms with Crippen molar-refractivity contribution in [1.82, 2.24) is 14.9 Å². The summed E-state index contributed by atoms with van der Waals surface area (Å²) >= 11 is 1.74. The zero-order valence-electron chi connectivity index (χ0n) is 13.7. The van der Waals surface area contributed by atoms with Crippen molar-refractivity contribution in [2.45, 2.75) is 33.1 Å². The van der Waals surface area contributed by atoms with Gasteiger partial charge in [-0.05, 0) is 38.7 Å². The molecule has 0 aromatic carbocycles. The Morgan fingerprint density at radius 2 is 1.91 bits per heavy atom. The Bertz CT molecular complexity index is 744. The molecule has 2 saturated heterocycles. The number of carbonyl (C=O) groups is 1. The van der Waals surface area contributed by atoms with Gasteiger partial charge in [-0.15, -0.1) is 11.3 Å². The molecule has 0 atom stereocenters. The van der Waals surface area contributed by atoms with Crippen molar-refractivity contribution in [3.05, 3.63) is 16.8 Å². The van der Waals surface area contributed by atoms with Crippen LogP contribution in [0, 0.1) is 19.8 Å². The third-order valence-corrected chi connectivity index (χ3v) is 6.37. The first-order valence-corrected chi connectivity index (χ1v) is 9.21. The first-order chi connectivity index (χ1) is 11.1. The van der Waals surface area contributed by atoms with Gasteiger partial charge in [0, 0.05) is 37.0 Å². The van der Waals surface area contributed by atoms with Crippen LogP contribution in [0.2, 0.25) is 0 Å². The molecule has 0 saturated carbocycles. The number of fused-ring (bicyclic) bond motifs is 1. The first kappa shape index (κ1) is 14.9. The molecule has 0 unspecified atom stereocenters. The van der Waals surface area contributed by atoms with E-state index in [1.807, 2.05) is 4.90 Å². The summed E-state index contributed by atoms with van der Waals surface area (Å²) in [6, 6.07) is 0. The summed E-state index contributed by atoms with van der Waals surface area (Å²) in [4.78, 5) is 28.1. The fraction of sp³-hybridized carbons (Fsp3) is 0.588. The van der Waals surface area contributed by atoms with Gasteiger partial charge < -0.3 is 9.80 Å². The number of amides is 1. The maximum atomic E-state index is 12.4. The predicted molar refractivity (Wildman–Crippen MR) is 93.0 cm³/mol. The van der Waals surface area contributed by atoms with E-state index in [0.29, 0.717) is 5.91 Å². The number of carbonyl (C=O) groups excluding carboxylic acids is 1. The molecule has 122 valence electrons. The Morgan fingerprint density at radius 3 is 2.57 bits per heavy atom. The van der Waals surface area contributed by atoms with Crippen LogP contribution in [0.4, 0.5) is 5.82 Å². The van der Waals surface area contributed by atoms with Crippen molar-refractivity contribution < 1.29 is 4.79 Å². The van der Waals surface area contributed by atoms with E-state index in [2.05, 4.69) is 28.7 Å². The number of likely N-dealkylation sites (tertiary alicyclic amines) is 1. The van der Waals surface area contributed by atoms with Crippen LogP contribution < -0.4 is 4.90 Å². The lowest BCUT2D eigenvalue weighted by Crippen LogP contribution is -2.48. The lowest BCUT2D eigenvalue weighted by molar-refractivity contribution is -0.139. The van der Waals surface area contributed by atoms with Crippen LogP contribution in [0.3, 0.4) is 0 Å². The largest absolute Gasteiger partial charge is 0.356 e. The highest BCUT2D eigenvalue weighted by Gasteiger charge is 2.31. The van der Waals surface area contributed by atoms with E-state index in [9.17, 15) is 4.79 Å².